The Morgan fingerprint density at radius 1 is 0.974 bits per heavy atom. The van der Waals surface area contributed by atoms with Crippen LogP contribution in [0.5, 0.6) is 0 Å². The summed E-state index contributed by atoms with van der Waals surface area (Å²) in [5.74, 6) is -0.608. The van der Waals surface area contributed by atoms with E-state index in [0.717, 1.165) is 36.2 Å². The summed E-state index contributed by atoms with van der Waals surface area (Å²) < 4.78 is 40.4. The first-order valence-corrected chi connectivity index (χ1v) is 12.7. The van der Waals surface area contributed by atoms with Gasteiger partial charge in [-0.1, -0.05) is 55.3 Å². The number of amides is 2. The molecule has 202 valence electrons. The number of carbonyl (C=O) groups is 2. The van der Waals surface area contributed by atoms with Crippen LogP contribution >= 0.6 is 11.6 Å². The van der Waals surface area contributed by atoms with Crippen molar-refractivity contribution in [3.8, 4) is 16.9 Å². The first-order chi connectivity index (χ1) is 18.7. The molecule has 0 saturated carbocycles. The third kappa shape index (κ3) is 7.06. The normalized spacial score (nSPS) is 11.3. The summed E-state index contributed by atoms with van der Waals surface area (Å²) in [6.07, 6.45) is -3.11. The highest BCUT2D eigenvalue weighted by molar-refractivity contribution is 6.30. The maximum absolute atomic E-state index is 13.2. The summed E-state index contributed by atoms with van der Waals surface area (Å²) in [6, 6.07) is 22.1. The first kappa shape index (κ1) is 27.9. The summed E-state index contributed by atoms with van der Waals surface area (Å²) in [4.78, 5) is 27.7. The van der Waals surface area contributed by atoms with Gasteiger partial charge in [-0.3, -0.25) is 9.59 Å². The maximum atomic E-state index is 13.2. The topological polar surface area (TPSA) is 67.2 Å². The summed E-state index contributed by atoms with van der Waals surface area (Å²) >= 11 is 6.04. The Morgan fingerprint density at radius 3 is 2.26 bits per heavy atom. The zero-order valence-corrected chi connectivity index (χ0v) is 21.8. The molecular formula is C29H26ClF3N4O2. The van der Waals surface area contributed by atoms with Crippen molar-refractivity contribution in [2.24, 2.45) is 0 Å². The van der Waals surface area contributed by atoms with Crippen LogP contribution in [0.1, 0.15) is 35.7 Å². The van der Waals surface area contributed by atoms with Crippen molar-refractivity contribution < 1.29 is 22.8 Å². The molecule has 0 bridgehead atoms. The minimum atomic E-state index is -4.50. The van der Waals surface area contributed by atoms with Crippen LogP contribution in [-0.4, -0.2) is 39.6 Å². The molecule has 1 N–H and O–H groups in total. The van der Waals surface area contributed by atoms with Gasteiger partial charge in [0.05, 0.1) is 16.9 Å². The van der Waals surface area contributed by atoms with Gasteiger partial charge in [-0.05, 0) is 55.0 Å². The SMILES string of the molecule is CCCCN(CC(=O)Nc1cc(-c2ccccc2)nn1-c1ccc(Cl)cc1)C(=O)c1ccc(C(F)(F)F)cc1. The summed E-state index contributed by atoms with van der Waals surface area (Å²) in [7, 11) is 0. The van der Waals surface area contributed by atoms with Crippen molar-refractivity contribution in [2.75, 3.05) is 18.4 Å². The lowest BCUT2D eigenvalue weighted by Crippen LogP contribution is -2.39. The molecule has 6 nitrogen and oxygen atoms in total. The van der Waals surface area contributed by atoms with E-state index in [1.807, 2.05) is 37.3 Å². The number of nitrogens with one attached hydrogen (secondary N) is 1. The lowest BCUT2D eigenvalue weighted by molar-refractivity contribution is -0.137. The largest absolute Gasteiger partial charge is 0.416 e. The van der Waals surface area contributed by atoms with E-state index >= 15 is 0 Å². The predicted octanol–water partition coefficient (Wildman–Crippen LogP) is 7.09. The lowest BCUT2D eigenvalue weighted by atomic mass is 10.1. The molecule has 4 rings (SSSR count). The number of aromatic nitrogens is 2. The lowest BCUT2D eigenvalue weighted by Gasteiger charge is -2.22. The van der Waals surface area contributed by atoms with E-state index in [1.165, 1.54) is 4.90 Å². The van der Waals surface area contributed by atoms with Crippen LogP contribution in [-0.2, 0) is 11.0 Å². The second-order valence-corrected chi connectivity index (χ2v) is 9.31. The second kappa shape index (κ2) is 12.2. The molecule has 0 unspecified atom stereocenters. The quantitative estimate of drug-likeness (QED) is 0.240. The van der Waals surface area contributed by atoms with Crippen molar-refractivity contribution >= 4 is 29.2 Å². The van der Waals surface area contributed by atoms with Crippen LogP contribution < -0.4 is 5.32 Å². The van der Waals surface area contributed by atoms with Gasteiger partial charge in [-0.2, -0.15) is 18.3 Å². The van der Waals surface area contributed by atoms with Gasteiger partial charge in [-0.15, -0.1) is 0 Å². The third-order valence-corrected chi connectivity index (χ3v) is 6.23. The molecule has 0 aliphatic carbocycles. The Hall–Kier alpha value is -4.11. The van der Waals surface area contributed by atoms with Gasteiger partial charge < -0.3 is 10.2 Å². The van der Waals surface area contributed by atoms with E-state index in [4.69, 9.17) is 11.6 Å². The third-order valence-electron chi connectivity index (χ3n) is 5.98. The van der Waals surface area contributed by atoms with Crippen molar-refractivity contribution in [2.45, 2.75) is 25.9 Å². The van der Waals surface area contributed by atoms with Crippen LogP contribution in [0.15, 0.2) is 84.9 Å². The Balaban J connectivity index is 1.57. The smallest absolute Gasteiger partial charge is 0.329 e. The number of hydrogen-bond acceptors (Lipinski definition) is 3. The van der Waals surface area contributed by atoms with Crippen molar-refractivity contribution in [3.05, 3.63) is 101 Å². The van der Waals surface area contributed by atoms with Gasteiger partial charge in [0.15, 0.2) is 0 Å². The highest BCUT2D eigenvalue weighted by atomic mass is 35.5. The molecule has 0 aliphatic rings. The molecule has 4 aromatic rings. The standard InChI is InChI=1S/C29H26ClF3N4O2/c1-2-3-17-36(28(39)21-9-11-22(12-10-21)29(31,32)33)19-27(38)34-26-18-25(20-7-5-4-6-8-20)35-37(26)24-15-13-23(30)14-16-24/h4-16,18H,2-3,17,19H2,1H3,(H,34,38). The van der Waals surface area contributed by atoms with Crippen molar-refractivity contribution in [3.63, 3.8) is 0 Å². The Bertz CT molecular complexity index is 1420. The molecule has 10 heteroatoms. The van der Waals surface area contributed by atoms with Crippen LogP contribution in [0.4, 0.5) is 19.0 Å². The summed E-state index contributed by atoms with van der Waals surface area (Å²) in [5, 5.41) is 8.05. The summed E-state index contributed by atoms with van der Waals surface area (Å²) in [6.45, 7) is 1.93. The Labute approximate surface area is 229 Å². The number of benzene rings is 3. The van der Waals surface area contributed by atoms with Crippen molar-refractivity contribution in [1.29, 1.82) is 0 Å². The molecule has 1 heterocycles. The number of alkyl halides is 3. The van der Waals surface area contributed by atoms with Crippen LogP contribution in [0.2, 0.25) is 5.02 Å². The molecule has 0 radical (unpaired) electrons. The van der Waals surface area contributed by atoms with Crippen LogP contribution in [0, 0.1) is 0 Å². The van der Waals surface area contributed by atoms with E-state index in [2.05, 4.69) is 10.4 Å². The van der Waals surface area contributed by atoms with E-state index < -0.39 is 23.6 Å². The van der Waals surface area contributed by atoms with Crippen LogP contribution in [0.25, 0.3) is 16.9 Å². The van der Waals surface area contributed by atoms with E-state index in [9.17, 15) is 22.8 Å². The van der Waals surface area contributed by atoms with Gasteiger partial charge in [0.1, 0.15) is 12.4 Å². The zero-order valence-electron chi connectivity index (χ0n) is 21.1. The number of halogens is 4. The highest BCUT2D eigenvalue weighted by Gasteiger charge is 2.30. The average molecular weight is 555 g/mol. The van der Waals surface area contributed by atoms with Gasteiger partial charge in [0, 0.05) is 28.8 Å². The maximum Gasteiger partial charge on any atom is 0.416 e. The molecule has 1 aromatic heterocycles. The average Bonchev–Trinajstić information content (AvgIpc) is 3.34. The van der Waals surface area contributed by atoms with Gasteiger partial charge in [0.25, 0.3) is 5.91 Å². The minimum absolute atomic E-state index is 0.0736. The van der Waals surface area contributed by atoms with Gasteiger partial charge in [0.2, 0.25) is 5.91 Å². The number of anilines is 1. The van der Waals surface area contributed by atoms with Gasteiger partial charge in [-0.25, -0.2) is 4.68 Å². The molecule has 0 atom stereocenters. The fourth-order valence-electron chi connectivity index (χ4n) is 3.94. The number of carbonyl (C=O) groups excluding carboxylic acids is 2. The predicted molar refractivity (Wildman–Crippen MR) is 145 cm³/mol. The van der Waals surface area contributed by atoms with Crippen molar-refractivity contribution in [1.82, 2.24) is 14.7 Å². The first-order valence-electron chi connectivity index (χ1n) is 12.3. The van der Waals surface area contributed by atoms with Crippen LogP contribution in [0.3, 0.4) is 0 Å². The van der Waals surface area contributed by atoms with E-state index in [0.29, 0.717) is 28.6 Å². The fourth-order valence-corrected chi connectivity index (χ4v) is 4.07. The molecule has 3 aromatic carbocycles. The zero-order chi connectivity index (χ0) is 28.0. The second-order valence-electron chi connectivity index (χ2n) is 8.87. The molecule has 39 heavy (non-hydrogen) atoms. The Morgan fingerprint density at radius 2 is 1.64 bits per heavy atom. The number of unbranched alkanes of at least 4 members (excludes halogenated alkanes) is 1. The molecule has 0 fully saturated rings. The summed E-state index contributed by atoms with van der Waals surface area (Å²) in [5.41, 5.74) is 1.37. The molecule has 2 amide bonds. The van der Waals surface area contributed by atoms with E-state index in [-0.39, 0.29) is 18.7 Å². The molecule has 0 saturated heterocycles. The number of rotatable bonds is 9. The molecule has 0 spiro atoms. The monoisotopic (exact) mass is 554 g/mol. The highest BCUT2D eigenvalue weighted by Crippen LogP contribution is 2.29. The minimum Gasteiger partial charge on any atom is -0.329 e. The number of hydrogen-bond donors (Lipinski definition) is 1. The Kier molecular flexibility index (Phi) is 8.71. The van der Waals surface area contributed by atoms with E-state index in [1.54, 1.807) is 35.0 Å². The van der Waals surface area contributed by atoms with Gasteiger partial charge >= 0.3 is 6.18 Å². The fraction of sp³-hybridized carbons (Fsp3) is 0.207. The number of nitrogens with zero attached hydrogens (tertiary/aromatic N) is 3. The molecule has 0 aliphatic heterocycles. The molecular weight excluding hydrogens is 529 g/mol.